The highest BCUT2D eigenvalue weighted by Gasteiger charge is 2.18. The molecule has 1 aromatic carbocycles. The van der Waals surface area contributed by atoms with Crippen LogP contribution in [0, 0.1) is 5.21 Å². The van der Waals surface area contributed by atoms with E-state index >= 15 is 0 Å². The molecular formula is C12H14N2O4S. The summed E-state index contributed by atoms with van der Waals surface area (Å²) in [5.41, 5.74) is 0.969. The van der Waals surface area contributed by atoms with Gasteiger partial charge in [0.15, 0.2) is 6.21 Å². The third-order valence-electron chi connectivity index (χ3n) is 2.29. The van der Waals surface area contributed by atoms with Crippen LogP contribution in [0.3, 0.4) is 0 Å². The molecule has 102 valence electrons. The molecule has 1 aromatic rings. The maximum absolute atomic E-state index is 11.8. The molecule has 0 saturated heterocycles. The number of aliphatic carboxylic acids is 1. The van der Waals surface area contributed by atoms with Gasteiger partial charge in [0, 0.05) is 16.9 Å². The fourth-order valence-electron chi connectivity index (χ4n) is 1.36. The van der Waals surface area contributed by atoms with Gasteiger partial charge in [-0.05, 0) is 24.3 Å². The van der Waals surface area contributed by atoms with Crippen molar-refractivity contribution in [1.82, 2.24) is 5.32 Å². The monoisotopic (exact) mass is 282 g/mol. The summed E-state index contributed by atoms with van der Waals surface area (Å²) < 4.78 is 0.649. The summed E-state index contributed by atoms with van der Waals surface area (Å²) in [5, 5.41) is 21.9. The Balaban J connectivity index is 2.78. The van der Waals surface area contributed by atoms with E-state index in [1.807, 2.05) is 0 Å². The zero-order valence-electron chi connectivity index (χ0n) is 10.2. The van der Waals surface area contributed by atoms with Crippen molar-refractivity contribution >= 4 is 30.7 Å². The summed E-state index contributed by atoms with van der Waals surface area (Å²) in [6.45, 7) is 0. The fourth-order valence-corrected chi connectivity index (χ4v) is 1.61. The maximum atomic E-state index is 11.8. The average molecular weight is 282 g/mol. The number of hydroxylamine groups is 1. The number of nitrogens with one attached hydrogen (secondary N) is 1. The number of hydrogen-bond donors (Lipinski definition) is 3. The molecule has 1 unspecified atom stereocenters. The molecule has 0 aliphatic carbocycles. The largest absolute Gasteiger partial charge is 0.624 e. The van der Waals surface area contributed by atoms with Gasteiger partial charge in [-0.3, -0.25) is 4.79 Å². The molecule has 0 heterocycles. The Morgan fingerprint density at radius 2 is 2.05 bits per heavy atom. The molecule has 2 N–H and O–H groups in total. The molecule has 1 atom stereocenters. The molecule has 0 aromatic heterocycles. The normalized spacial score (nSPS) is 12.8. The van der Waals surface area contributed by atoms with Gasteiger partial charge in [-0.15, -0.1) is 0 Å². The molecule has 0 fully saturated rings. The highest BCUT2D eigenvalue weighted by atomic mass is 32.1. The van der Waals surface area contributed by atoms with E-state index in [0.29, 0.717) is 15.9 Å². The third-order valence-corrected chi connectivity index (χ3v) is 2.65. The van der Waals surface area contributed by atoms with Gasteiger partial charge in [-0.25, -0.2) is 9.53 Å². The third kappa shape index (κ3) is 4.63. The van der Waals surface area contributed by atoms with E-state index < -0.39 is 17.9 Å². The van der Waals surface area contributed by atoms with Crippen LogP contribution in [0.5, 0.6) is 0 Å². The van der Waals surface area contributed by atoms with Gasteiger partial charge < -0.3 is 15.6 Å². The van der Waals surface area contributed by atoms with Gasteiger partial charge in [0.05, 0.1) is 0 Å². The lowest BCUT2D eigenvalue weighted by atomic mass is 10.1. The lowest BCUT2D eigenvalue weighted by molar-refractivity contribution is -0.416. The molecule has 0 saturated carbocycles. The number of amides is 1. The molecule has 0 radical (unpaired) electrons. The van der Waals surface area contributed by atoms with Crippen LogP contribution in [0.1, 0.15) is 15.9 Å². The van der Waals surface area contributed by atoms with Gasteiger partial charge in [0.2, 0.25) is 0 Å². The molecule has 0 spiro atoms. The van der Waals surface area contributed by atoms with E-state index in [2.05, 4.69) is 17.9 Å². The summed E-state index contributed by atoms with van der Waals surface area (Å²) in [6.07, 6.45) is 1.36. The van der Waals surface area contributed by atoms with Crippen LogP contribution in [0.2, 0.25) is 0 Å². The van der Waals surface area contributed by atoms with Crippen molar-refractivity contribution in [2.24, 2.45) is 0 Å². The van der Waals surface area contributed by atoms with Crippen LogP contribution >= 0.6 is 12.6 Å². The molecular weight excluding hydrogens is 268 g/mol. The number of carbonyl (C=O) groups is 2. The number of nitrogens with zero attached hydrogens (tertiary/aromatic N) is 1. The highest BCUT2D eigenvalue weighted by Crippen LogP contribution is 2.03. The van der Waals surface area contributed by atoms with E-state index in [4.69, 9.17) is 5.11 Å². The van der Waals surface area contributed by atoms with E-state index in [9.17, 15) is 14.8 Å². The minimum atomic E-state index is -1.14. The first-order valence-corrected chi connectivity index (χ1v) is 6.06. The number of carboxylic acids is 1. The van der Waals surface area contributed by atoms with Crippen LogP contribution in [-0.4, -0.2) is 46.8 Å². The predicted molar refractivity (Wildman–Crippen MR) is 73.9 cm³/mol. The van der Waals surface area contributed by atoms with Crippen molar-refractivity contribution in [3.8, 4) is 0 Å². The van der Waals surface area contributed by atoms with Crippen LogP contribution < -0.4 is 5.32 Å². The molecule has 7 heteroatoms. The molecule has 6 nitrogen and oxygen atoms in total. The quantitative estimate of drug-likeness (QED) is 0.239. The lowest BCUT2D eigenvalue weighted by Crippen LogP contribution is -2.42. The number of rotatable bonds is 5. The van der Waals surface area contributed by atoms with Crippen LogP contribution in [0.4, 0.5) is 0 Å². The van der Waals surface area contributed by atoms with Crippen LogP contribution in [0.15, 0.2) is 24.3 Å². The second-order valence-electron chi connectivity index (χ2n) is 3.84. The van der Waals surface area contributed by atoms with E-state index in [1.54, 1.807) is 12.1 Å². The predicted octanol–water partition coefficient (Wildman–Crippen LogP) is 0.358. The average Bonchev–Trinajstić information content (AvgIpc) is 2.35. The van der Waals surface area contributed by atoms with E-state index in [0.717, 1.165) is 0 Å². The first-order valence-electron chi connectivity index (χ1n) is 5.43. The van der Waals surface area contributed by atoms with Crippen molar-refractivity contribution in [2.45, 2.75) is 6.04 Å². The first kappa shape index (κ1) is 15.0. The maximum Gasteiger partial charge on any atom is 0.327 e. The minimum absolute atomic E-state index is 0.00785. The summed E-state index contributed by atoms with van der Waals surface area (Å²) in [7, 11) is 1.35. The molecule has 0 bridgehead atoms. The minimum Gasteiger partial charge on any atom is -0.624 e. The smallest absolute Gasteiger partial charge is 0.327 e. The van der Waals surface area contributed by atoms with Crippen molar-refractivity contribution in [1.29, 1.82) is 0 Å². The number of thiol groups is 1. The Bertz CT molecular complexity index is 495. The Kier molecular flexibility index (Phi) is 5.37. The van der Waals surface area contributed by atoms with E-state index in [-0.39, 0.29) is 5.75 Å². The van der Waals surface area contributed by atoms with Crippen LogP contribution in [0.25, 0.3) is 0 Å². The SMILES string of the molecule is C[N+]([O-])=Cc1ccc(C(=O)NC(CS)C(=O)O)cc1. The zero-order chi connectivity index (χ0) is 14.4. The summed E-state index contributed by atoms with van der Waals surface area (Å²) in [6, 6.07) is 5.19. The second-order valence-corrected chi connectivity index (χ2v) is 4.21. The topological polar surface area (TPSA) is 92.5 Å². The molecule has 0 aliphatic rings. The Hall–Kier alpha value is -2.02. The summed E-state index contributed by atoms with van der Waals surface area (Å²) in [5.74, 6) is -1.63. The summed E-state index contributed by atoms with van der Waals surface area (Å²) in [4.78, 5) is 22.5. The Labute approximate surface area is 115 Å². The molecule has 19 heavy (non-hydrogen) atoms. The Morgan fingerprint density at radius 3 is 2.47 bits per heavy atom. The van der Waals surface area contributed by atoms with Gasteiger partial charge in [0.1, 0.15) is 13.1 Å². The molecule has 1 rings (SSSR count). The van der Waals surface area contributed by atoms with Crippen LogP contribution in [-0.2, 0) is 4.79 Å². The van der Waals surface area contributed by atoms with E-state index in [1.165, 1.54) is 25.4 Å². The van der Waals surface area contributed by atoms with Gasteiger partial charge in [-0.1, -0.05) is 0 Å². The van der Waals surface area contributed by atoms with Crippen molar-refractivity contribution in [3.63, 3.8) is 0 Å². The molecule has 0 aliphatic heterocycles. The highest BCUT2D eigenvalue weighted by molar-refractivity contribution is 7.80. The summed E-state index contributed by atoms with van der Waals surface area (Å²) >= 11 is 3.86. The Morgan fingerprint density at radius 1 is 1.47 bits per heavy atom. The fraction of sp³-hybridized carbons (Fsp3) is 0.250. The van der Waals surface area contributed by atoms with Gasteiger partial charge >= 0.3 is 5.97 Å². The number of carboxylic acid groups (broad SMARTS) is 1. The second kappa shape index (κ2) is 6.79. The first-order chi connectivity index (χ1) is 8.93. The number of benzene rings is 1. The van der Waals surface area contributed by atoms with Crippen molar-refractivity contribution in [2.75, 3.05) is 12.8 Å². The van der Waals surface area contributed by atoms with Gasteiger partial charge in [-0.2, -0.15) is 12.6 Å². The number of carbonyl (C=O) groups excluding carboxylic acids is 1. The van der Waals surface area contributed by atoms with Crippen molar-refractivity contribution in [3.05, 3.63) is 40.6 Å². The van der Waals surface area contributed by atoms with Gasteiger partial charge in [0.25, 0.3) is 5.91 Å². The van der Waals surface area contributed by atoms with Crippen molar-refractivity contribution < 1.29 is 19.4 Å². The number of hydrogen-bond acceptors (Lipinski definition) is 4. The lowest BCUT2D eigenvalue weighted by Gasteiger charge is -2.11. The zero-order valence-corrected chi connectivity index (χ0v) is 11.1. The standard InChI is InChI=1S/C12H14N2O4S/c1-14(18)6-8-2-4-9(5-3-8)11(15)13-10(7-19)12(16)17/h2-6,10,19H,7H2,1H3,(H,13,15)(H,16,17). The molecule has 1 amide bonds.